The Balaban J connectivity index is 1.36. The molecule has 2 aliphatic heterocycles. The molecular formula is C25H31N3O4. The molecular weight excluding hydrogens is 406 g/mol. The first kappa shape index (κ1) is 22.1. The Hall–Kier alpha value is -3.06. The van der Waals surface area contributed by atoms with Crippen LogP contribution >= 0.6 is 0 Å². The van der Waals surface area contributed by atoms with Crippen LogP contribution in [-0.2, 0) is 17.8 Å². The zero-order valence-electron chi connectivity index (χ0n) is 18.8. The van der Waals surface area contributed by atoms with Gasteiger partial charge in [-0.3, -0.25) is 9.59 Å². The van der Waals surface area contributed by atoms with E-state index in [0.717, 1.165) is 56.0 Å². The monoisotopic (exact) mass is 437 g/mol. The number of carbonyl (C=O) groups is 2. The summed E-state index contributed by atoms with van der Waals surface area (Å²) in [5.41, 5.74) is 3.49. The maximum atomic E-state index is 12.9. The van der Waals surface area contributed by atoms with E-state index in [1.54, 1.807) is 6.07 Å². The number of nitrogens with zero attached hydrogens (tertiary/aromatic N) is 1. The van der Waals surface area contributed by atoms with Gasteiger partial charge in [-0.05, 0) is 73.2 Å². The molecule has 1 fully saturated rings. The van der Waals surface area contributed by atoms with E-state index in [0.29, 0.717) is 23.7 Å². The van der Waals surface area contributed by atoms with E-state index in [-0.39, 0.29) is 18.6 Å². The fourth-order valence-corrected chi connectivity index (χ4v) is 4.30. The summed E-state index contributed by atoms with van der Waals surface area (Å²) in [5.74, 6) is 1.92. The predicted octanol–water partition coefficient (Wildman–Crippen LogP) is 3.58. The number of nitrogens with one attached hydrogen (secondary N) is 2. The van der Waals surface area contributed by atoms with E-state index in [1.807, 2.05) is 29.2 Å². The summed E-state index contributed by atoms with van der Waals surface area (Å²) in [4.78, 5) is 26.3. The summed E-state index contributed by atoms with van der Waals surface area (Å²) in [5, 5.41) is 6.32. The van der Waals surface area contributed by atoms with E-state index < -0.39 is 0 Å². The smallest absolute Gasteiger partial charge is 0.253 e. The normalized spacial score (nSPS) is 15.6. The fraction of sp³-hybridized carbons (Fsp3) is 0.440. The van der Waals surface area contributed by atoms with Crippen molar-refractivity contribution in [3.63, 3.8) is 0 Å². The Morgan fingerprint density at radius 2 is 1.81 bits per heavy atom. The van der Waals surface area contributed by atoms with Crippen molar-refractivity contribution >= 4 is 17.5 Å². The van der Waals surface area contributed by atoms with Crippen LogP contribution < -0.4 is 20.1 Å². The van der Waals surface area contributed by atoms with Gasteiger partial charge < -0.3 is 25.0 Å². The van der Waals surface area contributed by atoms with Crippen LogP contribution in [0.5, 0.6) is 11.5 Å². The fourth-order valence-electron chi connectivity index (χ4n) is 4.30. The second kappa shape index (κ2) is 10.0. The number of rotatable bonds is 8. The van der Waals surface area contributed by atoms with Gasteiger partial charge in [-0.25, -0.2) is 0 Å². The van der Waals surface area contributed by atoms with Crippen molar-refractivity contribution in [1.29, 1.82) is 0 Å². The van der Waals surface area contributed by atoms with Crippen molar-refractivity contribution in [3.8, 4) is 11.5 Å². The Morgan fingerprint density at radius 1 is 1.03 bits per heavy atom. The molecule has 0 saturated carbocycles. The molecule has 2 aromatic rings. The van der Waals surface area contributed by atoms with E-state index in [4.69, 9.17) is 9.47 Å². The number of ether oxygens (including phenoxy) is 2. The molecule has 2 heterocycles. The minimum atomic E-state index is -0.146. The second-order valence-electron chi connectivity index (χ2n) is 8.73. The molecule has 2 aromatic carbocycles. The lowest BCUT2D eigenvalue weighted by Gasteiger charge is -2.18. The number of amides is 2. The topological polar surface area (TPSA) is 79.9 Å². The molecule has 0 radical (unpaired) electrons. The first-order valence-corrected chi connectivity index (χ1v) is 11.3. The maximum absolute atomic E-state index is 12.9. The molecule has 2 amide bonds. The number of fused-ring (bicyclic) bond motifs is 1. The van der Waals surface area contributed by atoms with Gasteiger partial charge in [0.15, 0.2) is 11.5 Å². The number of likely N-dealkylation sites (tertiary alicyclic amines) is 1. The first-order chi connectivity index (χ1) is 15.5. The van der Waals surface area contributed by atoms with Gasteiger partial charge in [0.25, 0.3) is 5.91 Å². The minimum absolute atomic E-state index is 0.0344. The van der Waals surface area contributed by atoms with Gasteiger partial charge in [-0.15, -0.1) is 0 Å². The van der Waals surface area contributed by atoms with Crippen LogP contribution in [-0.4, -0.2) is 43.1 Å². The standard InChI is InChI=1S/C25H31N3O4/c1-17(9-19-5-6-23-24(12-19)32-16-31-23)14-26-15-20-10-21(13-22(11-20)27-18(2)29)25(30)28-7-3-4-8-28/h5-6,10-13,17,26H,3-4,7-9,14-16H2,1-2H3,(H,27,29)/t17-/m0/s1. The van der Waals surface area contributed by atoms with Gasteiger partial charge in [0, 0.05) is 37.8 Å². The van der Waals surface area contributed by atoms with Crippen molar-refractivity contribution in [2.24, 2.45) is 5.92 Å². The molecule has 7 heteroatoms. The lowest BCUT2D eigenvalue weighted by atomic mass is 10.0. The van der Waals surface area contributed by atoms with Crippen molar-refractivity contribution in [2.45, 2.75) is 39.7 Å². The second-order valence-corrected chi connectivity index (χ2v) is 8.73. The Labute approximate surface area is 189 Å². The van der Waals surface area contributed by atoms with Crippen LogP contribution in [0.2, 0.25) is 0 Å². The molecule has 0 aromatic heterocycles. The average Bonchev–Trinajstić information content (AvgIpc) is 3.44. The average molecular weight is 438 g/mol. The predicted molar refractivity (Wildman–Crippen MR) is 123 cm³/mol. The molecule has 1 atom stereocenters. The van der Waals surface area contributed by atoms with Crippen LogP contribution in [0.25, 0.3) is 0 Å². The van der Waals surface area contributed by atoms with Gasteiger partial charge in [0.05, 0.1) is 0 Å². The minimum Gasteiger partial charge on any atom is -0.454 e. The Bertz CT molecular complexity index is 985. The highest BCUT2D eigenvalue weighted by molar-refractivity contribution is 5.97. The third-order valence-corrected chi connectivity index (χ3v) is 5.80. The first-order valence-electron chi connectivity index (χ1n) is 11.3. The summed E-state index contributed by atoms with van der Waals surface area (Å²) >= 11 is 0. The highest BCUT2D eigenvalue weighted by Gasteiger charge is 2.20. The molecule has 0 unspecified atom stereocenters. The highest BCUT2D eigenvalue weighted by atomic mass is 16.7. The molecule has 4 rings (SSSR count). The van der Waals surface area contributed by atoms with Crippen LogP contribution in [0.15, 0.2) is 36.4 Å². The molecule has 0 spiro atoms. The van der Waals surface area contributed by atoms with Crippen LogP contribution in [0.1, 0.15) is 48.2 Å². The molecule has 0 bridgehead atoms. The molecule has 0 aliphatic carbocycles. The van der Waals surface area contributed by atoms with E-state index in [1.165, 1.54) is 12.5 Å². The van der Waals surface area contributed by atoms with Crippen molar-refractivity contribution in [2.75, 3.05) is 31.7 Å². The van der Waals surface area contributed by atoms with Gasteiger partial charge in [0.1, 0.15) is 0 Å². The number of carbonyl (C=O) groups excluding carboxylic acids is 2. The van der Waals surface area contributed by atoms with Gasteiger partial charge in [-0.1, -0.05) is 13.0 Å². The summed E-state index contributed by atoms with van der Waals surface area (Å²) in [6, 6.07) is 11.7. The summed E-state index contributed by atoms with van der Waals surface area (Å²) < 4.78 is 10.8. The summed E-state index contributed by atoms with van der Waals surface area (Å²) in [6.07, 6.45) is 3.02. The zero-order chi connectivity index (χ0) is 22.5. The summed E-state index contributed by atoms with van der Waals surface area (Å²) in [6.45, 7) is 7.02. The number of hydrogen-bond donors (Lipinski definition) is 2. The van der Waals surface area contributed by atoms with E-state index in [2.05, 4.69) is 23.6 Å². The van der Waals surface area contributed by atoms with E-state index in [9.17, 15) is 9.59 Å². The largest absolute Gasteiger partial charge is 0.454 e. The Morgan fingerprint density at radius 3 is 2.59 bits per heavy atom. The Kier molecular flexibility index (Phi) is 6.95. The molecule has 2 N–H and O–H groups in total. The van der Waals surface area contributed by atoms with Crippen LogP contribution in [0.4, 0.5) is 5.69 Å². The molecule has 1 saturated heterocycles. The van der Waals surface area contributed by atoms with Gasteiger partial charge >= 0.3 is 0 Å². The van der Waals surface area contributed by atoms with Crippen molar-refractivity contribution in [1.82, 2.24) is 10.2 Å². The summed E-state index contributed by atoms with van der Waals surface area (Å²) in [7, 11) is 0. The van der Waals surface area contributed by atoms with Crippen molar-refractivity contribution in [3.05, 3.63) is 53.1 Å². The SMILES string of the molecule is CC(=O)Nc1cc(CNC[C@@H](C)Cc2ccc3c(c2)OCO3)cc(C(=O)N2CCCC2)c1. The highest BCUT2D eigenvalue weighted by Crippen LogP contribution is 2.33. The number of hydrogen-bond acceptors (Lipinski definition) is 5. The zero-order valence-corrected chi connectivity index (χ0v) is 18.8. The van der Waals surface area contributed by atoms with E-state index >= 15 is 0 Å². The van der Waals surface area contributed by atoms with Gasteiger partial charge in [-0.2, -0.15) is 0 Å². The van der Waals surface area contributed by atoms with Crippen LogP contribution in [0, 0.1) is 5.92 Å². The molecule has 170 valence electrons. The lowest BCUT2D eigenvalue weighted by molar-refractivity contribution is -0.114. The number of benzene rings is 2. The third kappa shape index (κ3) is 5.59. The molecule has 7 nitrogen and oxygen atoms in total. The van der Waals surface area contributed by atoms with Crippen LogP contribution in [0.3, 0.4) is 0 Å². The quantitative estimate of drug-likeness (QED) is 0.660. The van der Waals surface area contributed by atoms with Gasteiger partial charge in [0.2, 0.25) is 12.7 Å². The lowest BCUT2D eigenvalue weighted by Crippen LogP contribution is -2.28. The van der Waals surface area contributed by atoms with Crippen molar-refractivity contribution < 1.29 is 19.1 Å². The molecule has 32 heavy (non-hydrogen) atoms. The number of anilines is 1. The third-order valence-electron chi connectivity index (χ3n) is 5.80. The maximum Gasteiger partial charge on any atom is 0.253 e. The molecule has 2 aliphatic rings.